The van der Waals surface area contributed by atoms with E-state index in [0.717, 1.165) is 0 Å². The van der Waals surface area contributed by atoms with Crippen molar-refractivity contribution in [3.05, 3.63) is 60.2 Å². The van der Waals surface area contributed by atoms with E-state index in [1.54, 1.807) is 21.9 Å². The minimum absolute atomic E-state index is 0.00728. The maximum Gasteiger partial charge on any atom is 0.260 e. The summed E-state index contributed by atoms with van der Waals surface area (Å²) < 4.78 is 43.3. The molecule has 9 heteroatoms. The summed E-state index contributed by atoms with van der Waals surface area (Å²) in [5, 5.41) is 0. The van der Waals surface area contributed by atoms with Crippen LogP contribution >= 0.6 is 0 Å². The van der Waals surface area contributed by atoms with Crippen molar-refractivity contribution >= 4 is 11.8 Å². The number of amides is 2. The molecule has 0 aliphatic carbocycles. The lowest BCUT2D eigenvalue weighted by atomic mass is 9.77. The van der Waals surface area contributed by atoms with Crippen LogP contribution in [0.15, 0.2) is 48.5 Å². The molecule has 0 N–H and O–H groups in total. The molecule has 35 heavy (non-hydrogen) atoms. The number of piperidine rings is 1. The lowest BCUT2D eigenvalue weighted by Gasteiger charge is -2.43. The zero-order valence-electron chi connectivity index (χ0n) is 19.6. The van der Waals surface area contributed by atoms with Crippen LogP contribution in [0.5, 0.6) is 11.5 Å². The molecule has 2 saturated heterocycles. The molecule has 0 radical (unpaired) electrons. The Hall–Kier alpha value is -3.20. The fourth-order valence-corrected chi connectivity index (χ4v) is 4.51. The highest BCUT2D eigenvalue weighted by Crippen LogP contribution is 2.35. The number of nitrogens with zero attached hydrogens (tertiary/aromatic N) is 2. The van der Waals surface area contributed by atoms with Gasteiger partial charge in [-0.05, 0) is 61.4 Å². The molecule has 2 aromatic rings. The van der Waals surface area contributed by atoms with Crippen molar-refractivity contribution in [3.63, 3.8) is 0 Å². The Morgan fingerprint density at radius 2 is 1.43 bits per heavy atom. The highest BCUT2D eigenvalue weighted by Gasteiger charge is 2.41. The van der Waals surface area contributed by atoms with Crippen LogP contribution in [0.1, 0.15) is 19.3 Å². The lowest BCUT2D eigenvalue weighted by Crippen LogP contribution is -2.52. The molecule has 0 bridgehead atoms. The monoisotopic (exact) mass is 488 g/mol. The zero-order chi connectivity index (χ0) is 24.7. The van der Waals surface area contributed by atoms with E-state index in [9.17, 15) is 18.4 Å². The fraction of sp³-hybridized carbons (Fsp3) is 0.462. The normalized spacial score (nSPS) is 20.4. The largest absolute Gasteiger partial charge is 0.493 e. The number of ether oxygens (including phenoxy) is 3. The SMILES string of the molecule is O=C(C[C@@]1(COc2ccc(F)cc2)CCCN(C(=O)COc2ccc(F)cc2)C1)N1CCOCC1. The average molecular weight is 489 g/mol. The topological polar surface area (TPSA) is 68.3 Å². The Labute approximate surface area is 203 Å². The predicted molar refractivity (Wildman–Crippen MR) is 124 cm³/mol. The smallest absolute Gasteiger partial charge is 0.260 e. The highest BCUT2D eigenvalue weighted by molar-refractivity contribution is 5.79. The van der Waals surface area contributed by atoms with E-state index < -0.39 is 5.41 Å². The van der Waals surface area contributed by atoms with Gasteiger partial charge in [0.1, 0.15) is 23.1 Å². The molecule has 1 atom stereocenters. The lowest BCUT2D eigenvalue weighted by molar-refractivity contribution is -0.144. The highest BCUT2D eigenvalue weighted by atomic mass is 19.1. The van der Waals surface area contributed by atoms with Gasteiger partial charge in [0, 0.05) is 38.0 Å². The van der Waals surface area contributed by atoms with E-state index in [1.165, 1.54) is 36.4 Å². The Morgan fingerprint density at radius 1 is 0.829 bits per heavy atom. The zero-order valence-corrected chi connectivity index (χ0v) is 19.6. The van der Waals surface area contributed by atoms with Crippen LogP contribution in [0, 0.1) is 17.0 Å². The minimum Gasteiger partial charge on any atom is -0.493 e. The molecule has 7 nitrogen and oxygen atoms in total. The molecule has 2 aliphatic heterocycles. The van der Waals surface area contributed by atoms with Crippen molar-refractivity contribution in [2.24, 2.45) is 5.41 Å². The summed E-state index contributed by atoms with van der Waals surface area (Å²) in [6.07, 6.45) is 1.66. The van der Waals surface area contributed by atoms with Gasteiger partial charge in [-0.3, -0.25) is 9.59 Å². The molecule has 2 fully saturated rings. The Bertz CT molecular complexity index is 996. The molecule has 0 aromatic heterocycles. The number of hydrogen-bond acceptors (Lipinski definition) is 5. The number of halogens is 2. The van der Waals surface area contributed by atoms with Crippen LogP contribution in [0.3, 0.4) is 0 Å². The van der Waals surface area contributed by atoms with Gasteiger partial charge in [-0.2, -0.15) is 0 Å². The summed E-state index contributed by atoms with van der Waals surface area (Å²) in [5.41, 5.74) is -0.590. The number of likely N-dealkylation sites (tertiary alicyclic amines) is 1. The van der Waals surface area contributed by atoms with Gasteiger partial charge in [-0.1, -0.05) is 0 Å². The Morgan fingerprint density at radius 3 is 2.06 bits per heavy atom. The minimum atomic E-state index is -0.590. The van der Waals surface area contributed by atoms with E-state index in [0.29, 0.717) is 63.7 Å². The van der Waals surface area contributed by atoms with Crippen molar-refractivity contribution < 1.29 is 32.6 Å². The third-order valence-electron chi connectivity index (χ3n) is 6.44. The van der Waals surface area contributed by atoms with Crippen molar-refractivity contribution in [2.75, 3.05) is 52.6 Å². The molecule has 2 amide bonds. The molecular formula is C26H30F2N2O5. The molecule has 0 spiro atoms. The van der Waals surface area contributed by atoms with Crippen LogP contribution < -0.4 is 9.47 Å². The van der Waals surface area contributed by atoms with Crippen LogP contribution in [-0.2, 0) is 14.3 Å². The fourth-order valence-electron chi connectivity index (χ4n) is 4.51. The first kappa shape index (κ1) is 24.9. The number of hydrogen-bond donors (Lipinski definition) is 0. The summed E-state index contributed by atoms with van der Waals surface area (Å²) in [5.74, 6) is -0.0227. The number of carbonyl (C=O) groups is 2. The summed E-state index contributed by atoms with van der Waals surface area (Å²) in [6.45, 7) is 3.04. The van der Waals surface area contributed by atoms with Crippen LogP contribution in [-0.4, -0.2) is 74.2 Å². The van der Waals surface area contributed by atoms with Gasteiger partial charge in [-0.15, -0.1) is 0 Å². The van der Waals surface area contributed by atoms with Crippen molar-refractivity contribution in [3.8, 4) is 11.5 Å². The van der Waals surface area contributed by atoms with Gasteiger partial charge < -0.3 is 24.0 Å². The summed E-state index contributed by atoms with van der Waals surface area (Å²) in [7, 11) is 0. The molecule has 0 saturated carbocycles. The van der Waals surface area contributed by atoms with Gasteiger partial charge in [-0.25, -0.2) is 8.78 Å². The van der Waals surface area contributed by atoms with Gasteiger partial charge in [0.15, 0.2) is 6.61 Å². The third-order valence-corrected chi connectivity index (χ3v) is 6.44. The van der Waals surface area contributed by atoms with Crippen molar-refractivity contribution in [2.45, 2.75) is 19.3 Å². The van der Waals surface area contributed by atoms with Gasteiger partial charge in [0.2, 0.25) is 5.91 Å². The van der Waals surface area contributed by atoms with Gasteiger partial charge >= 0.3 is 0 Å². The second-order valence-electron chi connectivity index (χ2n) is 9.07. The molecule has 2 heterocycles. The van der Waals surface area contributed by atoms with Crippen molar-refractivity contribution in [1.82, 2.24) is 9.80 Å². The molecule has 2 aromatic carbocycles. The van der Waals surface area contributed by atoms with Gasteiger partial charge in [0.25, 0.3) is 5.91 Å². The van der Waals surface area contributed by atoms with Crippen LogP contribution in [0.4, 0.5) is 8.78 Å². The quantitative estimate of drug-likeness (QED) is 0.571. The predicted octanol–water partition coefficient (Wildman–Crippen LogP) is 3.28. The number of carbonyl (C=O) groups excluding carboxylic acids is 2. The van der Waals surface area contributed by atoms with E-state index in [1.807, 2.05) is 0 Å². The maximum atomic E-state index is 13.3. The average Bonchev–Trinajstić information content (AvgIpc) is 2.88. The molecular weight excluding hydrogens is 458 g/mol. The van der Waals surface area contributed by atoms with Crippen LogP contribution in [0.25, 0.3) is 0 Å². The number of morpholine rings is 1. The summed E-state index contributed by atoms with van der Waals surface area (Å²) in [6, 6.07) is 11.2. The van der Waals surface area contributed by atoms with Crippen LogP contribution in [0.2, 0.25) is 0 Å². The summed E-state index contributed by atoms with van der Waals surface area (Å²) in [4.78, 5) is 29.6. The second kappa shape index (κ2) is 11.5. The van der Waals surface area contributed by atoms with E-state index in [2.05, 4.69) is 0 Å². The standard InChI is InChI=1S/C26H30F2N2O5/c27-20-2-6-22(7-3-20)34-17-25(32)30-11-1-10-26(18-30,16-24(31)29-12-14-33-15-13-29)19-35-23-8-4-21(28)5-9-23/h2-9H,1,10-19H2/t26-/m0/s1. The first-order valence-corrected chi connectivity index (χ1v) is 11.8. The second-order valence-corrected chi connectivity index (χ2v) is 9.07. The molecule has 188 valence electrons. The first-order valence-electron chi connectivity index (χ1n) is 11.8. The third kappa shape index (κ3) is 6.91. The molecule has 2 aliphatic rings. The van der Waals surface area contributed by atoms with E-state index in [-0.39, 0.29) is 43.1 Å². The Kier molecular flexibility index (Phi) is 8.17. The number of rotatable bonds is 8. The Balaban J connectivity index is 1.43. The van der Waals surface area contributed by atoms with E-state index in [4.69, 9.17) is 14.2 Å². The first-order chi connectivity index (χ1) is 16.9. The number of benzene rings is 2. The van der Waals surface area contributed by atoms with E-state index >= 15 is 0 Å². The molecule has 4 rings (SSSR count). The van der Waals surface area contributed by atoms with Crippen molar-refractivity contribution in [1.29, 1.82) is 0 Å². The summed E-state index contributed by atoms with van der Waals surface area (Å²) >= 11 is 0. The van der Waals surface area contributed by atoms with Gasteiger partial charge in [0.05, 0.1) is 19.8 Å². The maximum absolute atomic E-state index is 13.3. The molecule has 0 unspecified atom stereocenters.